The fourth-order valence-corrected chi connectivity index (χ4v) is 3.09. The van der Waals surface area contributed by atoms with Crippen LogP contribution in [-0.2, 0) is 6.54 Å². The average molecular weight is 387 g/mol. The highest BCUT2D eigenvalue weighted by Gasteiger charge is 2.14. The number of fused-ring (bicyclic) bond motifs is 1. The Morgan fingerprint density at radius 1 is 1.07 bits per heavy atom. The summed E-state index contributed by atoms with van der Waals surface area (Å²) in [6, 6.07) is 18.9. The molecule has 0 unspecified atom stereocenters. The molecule has 1 heterocycles. The molecule has 0 spiro atoms. The van der Waals surface area contributed by atoms with Crippen LogP contribution in [0.3, 0.4) is 0 Å². The van der Waals surface area contributed by atoms with Gasteiger partial charge in [0.25, 0.3) is 5.91 Å². The second-order valence-corrected chi connectivity index (χ2v) is 6.53. The van der Waals surface area contributed by atoms with Gasteiger partial charge in [-0.3, -0.25) is 4.79 Å². The van der Waals surface area contributed by atoms with E-state index in [2.05, 4.69) is 10.3 Å². The van der Waals surface area contributed by atoms with Gasteiger partial charge in [0.15, 0.2) is 0 Å². The Labute approximate surface area is 168 Å². The topological polar surface area (TPSA) is 65.4 Å². The maximum atomic E-state index is 12.8. The lowest BCUT2D eigenvalue weighted by atomic mass is 10.1. The minimum atomic E-state index is -0.221. The molecule has 0 fully saturated rings. The highest BCUT2D eigenvalue weighted by atomic mass is 16.5. The largest absolute Gasteiger partial charge is 0.496 e. The zero-order valence-corrected chi connectivity index (χ0v) is 16.0. The van der Waals surface area contributed by atoms with Crippen LogP contribution in [0.15, 0.2) is 79.4 Å². The van der Waals surface area contributed by atoms with Gasteiger partial charge in [0, 0.05) is 18.1 Å². The third-order valence-corrected chi connectivity index (χ3v) is 4.60. The van der Waals surface area contributed by atoms with Crippen LogP contribution < -0.4 is 14.8 Å². The number of nitrogens with one attached hydrogen (secondary N) is 1. The van der Waals surface area contributed by atoms with Gasteiger partial charge in [-0.05, 0) is 47.2 Å². The lowest BCUT2D eigenvalue weighted by molar-refractivity contribution is 0.102. The van der Waals surface area contributed by atoms with Gasteiger partial charge in [-0.1, -0.05) is 24.3 Å². The first-order valence-electron chi connectivity index (χ1n) is 9.30. The Morgan fingerprint density at radius 2 is 1.83 bits per heavy atom. The van der Waals surface area contributed by atoms with E-state index in [0.717, 1.165) is 23.1 Å². The van der Waals surface area contributed by atoms with Crippen LogP contribution in [0.4, 0.5) is 5.69 Å². The third-order valence-electron chi connectivity index (χ3n) is 4.60. The molecule has 3 aromatic carbocycles. The lowest BCUT2D eigenvalue weighted by Crippen LogP contribution is -2.13. The maximum Gasteiger partial charge on any atom is 0.259 e. The van der Waals surface area contributed by atoms with E-state index in [1.807, 2.05) is 71.4 Å². The van der Waals surface area contributed by atoms with Gasteiger partial charge in [0.1, 0.15) is 18.1 Å². The van der Waals surface area contributed by atoms with Crippen molar-refractivity contribution in [2.24, 2.45) is 0 Å². The summed E-state index contributed by atoms with van der Waals surface area (Å²) in [4.78, 5) is 16.8. The molecule has 146 valence electrons. The minimum Gasteiger partial charge on any atom is -0.496 e. The summed E-state index contributed by atoms with van der Waals surface area (Å²) in [6.45, 7) is 1.26. The van der Waals surface area contributed by atoms with Crippen molar-refractivity contribution in [3.63, 3.8) is 0 Å². The third kappa shape index (κ3) is 4.38. The van der Waals surface area contributed by atoms with Gasteiger partial charge in [-0.15, -0.1) is 0 Å². The van der Waals surface area contributed by atoms with Crippen LogP contribution in [0.2, 0.25) is 0 Å². The first kappa shape index (κ1) is 18.6. The lowest BCUT2D eigenvalue weighted by Gasteiger charge is -2.12. The molecular weight excluding hydrogens is 366 g/mol. The van der Waals surface area contributed by atoms with Gasteiger partial charge >= 0.3 is 0 Å². The van der Waals surface area contributed by atoms with Crippen molar-refractivity contribution in [1.82, 2.24) is 9.55 Å². The van der Waals surface area contributed by atoms with Gasteiger partial charge in [-0.2, -0.15) is 0 Å². The van der Waals surface area contributed by atoms with Gasteiger partial charge in [0.2, 0.25) is 0 Å². The fraction of sp³-hybridized carbons (Fsp3) is 0.130. The van der Waals surface area contributed by atoms with Crippen molar-refractivity contribution < 1.29 is 14.3 Å². The quantitative estimate of drug-likeness (QED) is 0.511. The van der Waals surface area contributed by atoms with Crippen LogP contribution in [0.1, 0.15) is 10.4 Å². The Kier molecular flexibility index (Phi) is 5.42. The number of hydrogen-bond donors (Lipinski definition) is 1. The highest BCUT2D eigenvalue weighted by molar-refractivity contribution is 6.08. The predicted octanol–water partition coefficient (Wildman–Crippen LogP) is 4.38. The van der Waals surface area contributed by atoms with Crippen molar-refractivity contribution in [1.29, 1.82) is 0 Å². The molecule has 4 rings (SSSR count). The number of methoxy groups -OCH3 is 1. The number of ether oxygens (including phenoxy) is 2. The molecular formula is C23H21N3O3. The van der Waals surface area contributed by atoms with Gasteiger partial charge in [-0.25, -0.2) is 4.98 Å². The molecule has 0 bridgehead atoms. The summed E-state index contributed by atoms with van der Waals surface area (Å²) >= 11 is 0. The molecule has 0 saturated carbocycles. The number of anilines is 1. The SMILES string of the molecule is COc1cc2ccccc2cc1C(=O)Nc1ccc(OCCn2ccnc2)cc1. The molecule has 0 aliphatic carbocycles. The van der Waals surface area contributed by atoms with Gasteiger partial charge in [0.05, 0.1) is 25.5 Å². The Balaban J connectivity index is 1.42. The normalized spacial score (nSPS) is 10.7. The second-order valence-electron chi connectivity index (χ2n) is 6.53. The zero-order valence-electron chi connectivity index (χ0n) is 16.0. The van der Waals surface area contributed by atoms with Gasteiger partial charge < -0.3 is 19.4 Å². The molecule has 0 aliphatic rings. The smallest absolute Gasteiger partial charge is 0.259 e. The number of hydrogen-bond acceptors (Lipinski definition) is 4. The molecule has 0 atom stereocenters. The standard InChI is InChI=1S/C23H21N3O3/c1-28-22-15-18-5-3-2-4-17(18)14-21(22)23(27)25-19-6-8-20(9-7-19)29-13-12-26-11-10-24-16-26/h2-11,14-16H,12-13H2,1H3,(H,25,27). The number of rotatable bonds is 7. The van der Waals surface area contributed by atoms with E-state index in [0.29, 0.717) is 23.6 Å². The number of imidazole rings is 1. The Hall–Kier alpha value is -3.80. The summed E-state index contributed by atoms with van der Waals surface area (Å²) in [6.07, 6.45) is 5.38. The van der Waals surface area contributed by atoms with Crippen molar-refractivity contribution in [3.05, 3.63) is 84.9 Å². The van der Waals surface area contributed by atoms with Crippen molar-refractivity contribution >= 4 is 22.4 Å². The van der Waals surface area contributed by atoms with Crippen LogP contribution in [0.5, 0.6) is 11.5 Å². The predicted molar refractivity (Wildman–Crippen MR) is 113 cm³/mol. The first-order chi connectivity index (χ1) is 14.2. The van der Waals surface area contributed by atoms with E-state index in [-0.39, 0.29) is 5.91 Å². The van der Waals surface area contributed by atoms with Crippen molar-refractivity contribution in [2.45, 2.75) is 6.54 Å². The van der Waals surface area contributed by atoms with Crippen LogP contribution in [-0.4, -0.2) is 29.2 Å². The number of benzene rings is 3. The zero-order chi connectivity index (χ0) is 20.1. The molecule has 29 heavy (non-hydrogen) atoms. The molecule has 1 aromatic heterocycles. The van der Waals surface area contributed by atoms with E-state index in [9.17, 15) is 4.79 Å². The van der Waals surface area contributed by atoms with E-state index in [1.165, 1.54) is 0 Å². The second kappa shape index (κ2) is 8.48. The molecule has 6 nitrogen and oxygen atoms in total. The monoisotopic (exact) mass is 387 g/mol. The minimum absolute atomic E-state index is 0.221. The van der Waals surface area contributed by atoms with Crippen LogP contribution >= 0.6 is 0 Å². The van der Waals surface area contributed by atoms with Crippen molar-refractivity contribution in [3.8, 4) is 11.5 Å². The van der Waals surface area contributed by atoms with E-state index >= 15 is 0 Å². The number of nitrogens with zero attached hydrogens (tertiary/aromatic N) is 2. The molecule has 0 radical (unpaired) electrons. The van der Waals surface area contributed by atoms with E-state index in [1.54, 1.807) is 19.6 Å². The summed E-state index contributed by atoms with van der Waals surface area (Å²) < 4.78 is 13.1. The molecule has 6 heteroatoms. The Morgan fingerprint density at radius 3 is 2.52 bits per heavy atom. The summed E-state index contributed by atoms with van der Waals surface area (Å²) in [5.74, 6) is 1.06. The van der Waals surface area contributed by atoms with E-state index < -0.39 is 0 Å². The fourth-order valence-electron chi connectivity index (χ4n) is 3.09. The molecule has 1 N–H and O–H groups in total. The highest BCUT2D eigenvalue weighted by Crippen LogP contribution is 2.27. The van der Waals surface area contributed by atoms with Crippen LogP contribution in [0, 0.1) is 0 Å². The summed E-state index contributed by atoms with van der Waals surface area (Å²) in [5.41, 5.74) is 1.18. The molecule has 0 saturated heterocycles. The molecule has 1 amide bonds. The number of carbonyl (C=O) groups excluding carboxylic acids is 1. The van der Waals surface area contributed by atoms with Crippen molar-refractivity contribution in [2.75, 3.05) is 19.0 Å². The molecule has 0 aliphatic heterocycles. The summed E-state index contributed by atoms with van der Waals surface area (Å²) in [5, 5.41) is 4.93. The summed E-state index contributed by atoms with van der Waals surface area (Å²) in [7, 11) is 1.57. The Bertz CT molecular complexity index is 1110. The molecule has 4 aromatic rings. The average Bonchev–Trinajstić information content (AvgIpc) is 3.27. The number of aromatic nitrogens is 2. The number of carbonyl (C=O) groups is 1. The van der Waals surface area contributed by atoms with Crippen LogP contribution in [0.25, 0.3) is 10.8 Å². The first-order valence-corrected chi connectivity index (χ1v) is 9.30. The number of amides is 1. The maximum absolute atomic E-state index is 12.8. The van der Waals surface area contributed by atoms with E-state index in [4.69, 9.17) is 9.47 Å².